The fraction of sp³-hybridized carbons (Fsp3) is 0.650. The van der Waals surface area contributed by atoms with Crippen LogP contribution >= 0.6 is 11.3 Å². The molecule has 0 N–H and O–H groups in total. The zero-order valence-electron chi connectivity index (χ0n) is 47.3. The van der Waals surface area contributed by atoms with E-state index in [2.05, 4.69) is 172 Å². The molecule has 0 amide bonds. The van der Waals surface area contributed by atoms with Crippen molar-refractivity contribution in [1.82, 2.24) is 0 Å². The fourth-order valence-electron chi connectivity index (χ4n) is 9.84. The Hall–Kier alpha value is -2.50. The highest BCUT2D eigenvalue weighted by molar-refractivity contribution is 7.09. The second-order valence-corrected chi connectivity index (χ2v) is 39.9. The Labute approximate surface area is 444 Å². The lowest BCUT2D eigenvalue weighted by molar-refractivity contribution is -0.115. The lowest BCUT2D eigenvalue weighted by atomic mass is 9.86. The average molecular weight is 1060 g/mol. The number of thiophene rings is 1. The van der Waals surface area contributed by atoms with Gasteiger partial charge in [0, 0.05) is 56.5 Å². The van der Waals surface area contributed by atoms with Gasteiger partial charge in [-0.3, -0.25) is 4.79 Å². The van der Waals surface area contributed by atoms with Crippen LogP contribution in [0.5, 0.6) is 0 Å². The Morgan fingerprint density at radius 1 is 0.667 bits per heavy atom. The number of rotatable bonds is 22. The van der Waals surface area contributed by atoms with Gasteiger partial charge in [0.15, 0.2) is 29.2 Å². The monoisotopic (exact) mass is 1060 g/mol. The summed E-state index contributed by atoms with van der Waals surface area (Å²) in [6.45, 7) is 30.3. The van der Waals surface area contributed by atoms with E-state index < -0.39 is 25.0 Å². The van der Waals surface area contributed by atoms with Gasteiger partial charge in [0.2, 0.25) is 8.32 Å². The van der Waals surface area contributed by atoms with Crippen LogP contribution in [0.1, 0.15) is 122 Å². The molecule has 2 unspecified atom stereocenters. The third-order valence-electron chi connectivity index (χ3n) is 16.1. The molecule has 12 heteroatoms. The van der Waals surface area contributed by atoms with Gasteiger partial charge in [0.25, 0.3) is 0 Å². The SMILES string of the molecule is CC(C)(C)[Si](C)(C)O[C@H](CCCc1cccs1)CCc1ccccc1.COC1C[C@@H]2C=C(C=O)C[C@@H]2O1.COC1C[C@H]2[C@H](CC(=CO[Si](C)(C)C)[C@@H]2CC[C@H](CCc2ccccc2)O[Si](C)(C)C(C)(C)C)O1. The molecule has 8 nitrogen and oxygen atoms in total. The van der Waals surface area contributed by atoms with Gasteiger partial charge >= 0.3 is 0 Å². The molecule has 2 aliphatic carbocycles. The van der Waals surface area contributed by atoms with Gasteiger partial charge in [-0.1, -0.05) is 114 Å². The number of methoxy groups -OCH3 is 2. The molecule has 4 aliphatic rings. The minimum Gasteiger partial charge on any atom is -0.550 e. The molecule has 3 heterocycles. The number of benzene rings is 2. The molecule has 0 bridgehead atoms. The van der Waals surface area contributed by atoms with Crippen LogP contribution in [0.4, 0.5) is 0 Å². The van der Waals surface area contributed by atoms with Crippen molar-refractivity contribution in [3.63, 3.8) is 0 Å². The van der Waals surface area contributed by atoms with Crippen molar-refractivity contribution in [1.29, 1.82) is 0 Å². The highest BCUT2D eigenvalue weighted by Gasteiger charge is 2.48. The van der Waals surface area contributed by atoms with Crippen LogP contribution in [-0.4, -0.2) is 82.5 Å². The van der Waals surface area contributed by atoms with Crippen molar-refractivity contribution in [2.24, 2.45) is 17.8 Å². The van der Waals surface area contributed by atoms with Crippen molar-refractivity contribution in [3.05, 3.63) is 118 Å². The predicted octanol–water partition coefficient (Wildman–Crippen LogP) is 15.9. The Kier molecular flexibility index (Phi) is 23.1. The summed E-state index contributed by atoms with van der Waals surface area (Å²) in [4.78, 5) is 11.9. The lowest BCUT2D eigenvalue weighted by Crippen LogP contribution is -2.44. The summed E-state index contributed by atoms with van der Waals surface area (Å²) in [6.07, 6.45) is 19.7. The predicted molar refractivity (Wildman–Crippen MR) is 307 cm³/mol. The van der Waals surface area contributed by atoms with Crippen LogP contribution in [0.2, 0.25) is 55.9 Å². The van der Waals surface area contributed by atoms with Gasteiger partial charge in [-0.25, -0.2) is 0 Å². The summed E-state index contributed by atoms with van der Waals surface area (Å²) in [7, 11) is -1.79. The van der Waals surface area contributed by atoms with E-state index in [0.29, 0.717) is 23.9 Å². The number of carbonyl (C=O) groups is 1. The first-order valence-corrected chi connectivity index (χ1v) is 37.4. The number of aldehydes is 1. The van der Waals surface area contributed by atoms with E-state index in [9.17, 15) is 4.79 Å². The minimum atomic E-state index is -1.86. The summed E-state index contributed by atoms with van der Waals surface area (Å²) < 4.78 is 42.5. The number of hydrogen-bond acceptors (Lipinski definition) is 9. The molecule has 0 radical (unpaired) electrons. The van der Waals surface area contributed by atoms with E-state index in [1.54, 1.807) is 14.2 Å². The van der Waals surface area contributed by atoms with E-state index in [-0.39, 0.29) is 41.0 Å². The van der Waals surface area contributed by atoms with Crippen molar-refractivity contribution in [3.8, 4) is 0 Å². The minimum absolute atomic E-state index is 0.0653. The third kappa shape index (κ3) is 19.0. The molecular formula is C60H96O8SSi3. The Balaban J connectivity index is 0.000000224. The smallest absolute Gasteiger partial charge is 0.241 e. The molecule has 3 aromatic rings. The van der Waals surface area contributed by atoms with Crippen LogP contribution in [0.15, 0.2) is 102 Å². The normalized spacial score (nSPS) is 24.6. The molecule has 72 heavy (non-hydrogen) atoms. The first kappa shape index (κ1) is 60.4. The summed E-state index contributed by atoms with van der Waals surface area (Å²) in [5, 5.41) is 2.65. The maximum Gasteiger partial charge on any atom is 0.241 e. The number of hydrogen-bond donors (Lipinski definition) is 0. The molecule has 1 saturated carbocycles. The van der Waals surface area contributed by atoms with Crippen molar-refractivity contribution >= 4 is 42.6 Å². The molecule has 1 aromatic heterocycles. The van der Waals surface area contributed by atoms with Gasteiger partial charge in [0.05, 0.1) is 18.5 Å². The standard InChI is InChI=1S/C29H50O4Si2.C22H34OSSi.C9H12O3/c1-29(2,3)35(8,9)33-24(16-15-22-13-11-10-12-14-22)17-18-25-23(21-31-34(5,6)7)19-27-26(25)20-28(30-4)32-27;1-22(2,3)25(4,5)23-20(13-9-14-21-15-10-18-24-21)17-16-19-11-7-6-8-12-19;1-11-9-4-7-2-6(5-10)3-8(7)12-9/h10-14,21,24-28H,15-20H2,1-9H3;6-8,10-12,15,18,20H,9,13-14,16-17H2,1-5H3;2,5,7-9H,3-4H2,1H3/t24-,25-,26+,27-,28?;20-;7-,8-,9?/m010/s1. The largest absolute Gasteiger partial charge is 0.550 e. The second-order valence-electron chi connectivity index (χ2n) is 24.9. The number of ether oxygens (including phenoxy) is 4. The van der Waals surface area contributed by atoms with Crippen molar-refractivity contribution < 1.29 is 37.0 Å². The van der Waals surface area contributed by atoms with E-state index >= 15 is 0 Å². The van der Waals surface area contributed by atoms with Crippen LogP contribution < -0.4 is 0 Å². The van der Waals surface area contributed by atoms with Crippen LogP contribution in [0.25, 0.3) is 0 Å². The number of aryl methyl sites for hydroxylation is 3. The van der Waals surface area contributed by atoms with E-state index in [4.69, 9.17) is 32.2 Å². The molecule has 3 fully saturated rings. The van der Waals surface area contributed by atoms with Crippen molar-refractivity contribution in [2.75, 3.05) is 14.2 Å². The van der Waals surface area contributed by atoms with E-state index in [1.807, 2.05) is 17.4 Å². The zero-order chi connectivity index (χ0) is 52.7. The Morgan fingerprint density at radius 3 is 1.69 bits per heavy atom. The summed E-state index contributed by atoms with van der Waals surface area (Å²) in [5.74, 6) is 1.40. The molecule has 2 aromatic carbocycles. The molecule has 7 rings (SSSR count). The molecule has 0 spiro atoms. The summed E-state index contributed by atoms with van der Waals surface area (Å²) >= 11 is 1.87. The zero-order valence-corrected chi connectivity index (χ0v) is 51.1. The first-order chi connectivity index (χ1) is 33.9. The van der Waals surface area contributed by atoms with Crippen LogP contribution in [0, 0.1) is 17.8 Å². The van der Waals surface area contributed by atoms with Gasteiger partial charge in [0.1, 0.15) is 6.29 Å². The van der Waals surface area contributed by atoms with Crippen molar-refractivity contribution in [2.45, 2.75) is 218 Å². The molecule has 9 atom stereocenters. The van der Waals surface area contributed by atoms with Gasteiger partial charge in [-0.05, 0) is 166 Å². The average Bonchev–Trinajstić information content (AvgIpc) is 4.17. The van der Waals surface area contributed by atoms with Gasteiger partial charge in [-0.15, -0.1) is 11.3 Å². The molecular weight excluding hydrogens is 965 g/mol. The molecule has 402 valence electrons. The van der Waals surface area contributed by atoms with Gasteiger partial charge < -0.3 is 32.2 Å². The second kappa shape index (κ2) is 27.5. The lowest BCUT2D eigenvalue weighted by Gasteiger charge is -2.40. The third-order valence-corrected chi connectivity index (χ3v) is 27.0. The quantitative estimate of drug-likeness (QED) is 0.0559. The Morgan fingerprint density at radius 2 is 1.21 bits per heavy atom. The summed E-state index contributed by atoms with van der Waals surface area (Å²) in [6, 6.07) is 26.1. The van der Waals surface area contributed by atoms with Gasteiger partial charge in [-0.2, -0.15) is 0 Å². The maximum atomic E-state index is 10.4. The Bertz CT molecular complexity index is 2090. The summed E-state index contributed by atoms with van der Waals surface area (Å²) in [5.41, 5.74) is 5.13. The maximum absolute atomic E-state index is 10.4. The highest BCUT2D eigenvalue weighted by Crippen LogP contribution is 2.49. The molecule has 2 aliphatic heterocycles. The number of fused-ring (bicyclic) bond motifs is 2. The first-order valence-electron chi connectivity index (χ1n) is 27.2. The topological polar surface area (TPSA) is 81.7 Å². The molecule has 2 saturated heterocycles. The van der Waals surface area contributed by atoms with Crippen LogP contribution in [0.3, 0.4) is 0 Å². The van der Waals surface area contributed by atoms with E-state index in [1.165, 1.54) is 34.4 Å². The van der Waals surface area contributed by atoms with Crippen LogP contribution in [-0.2, 0) is 56.3 Å². The number of carbonyl (C=O) groups excluding carboxylic acids is 1. The van der Waals surface area contributed by atoms with E-state index in [0.717, 1.165) is 82.5 Å². The fourth-order valence-corrected chi connectivity index (χ4v) is 13.9. The highest BCUT2D eigenvalue weighted by atomic mass is 32.1.